The van der Waals surface area contributed by atoms with Gasteiger partial charge in [-0.15, -0.1) is 0 Å². The van der Waals surface area contributed by atoms with Gasteiger partial charge in [0.1, 0.15) is 5.75 Å². The summed E-state index contributed by atoms with van der Waals surface area (Å²) in [6.45, 7) is 3.93. The van der Waals surface area contributed by atoms with E-state index in [4.69, 9.17) is 14.2 Å². The summed E-state index contributed by atoms with van der Waals surface area (Å²) in [6, 6.07) is 20.3. The highest BCUT2D eigenvalue weighted by molar-refractivity contribution is 5.93. The van der Waals surface area contributed by atoms with Crippen molar-refractivity contribution in [3.63, 3.8) is 0 Å². The number of fused-ring (bicyclic) bond motifs is 1. The molecular formula is C33H30F3N3O4. The zero-order valence-electron chi connectivity index (χ0n) is 23.6. The Balaban J connectivity index is 1.05. The number of carbonyl (C=O) groups excluding carboxylic acids is 1. The molecule has 3 heterocycles. The third-order valence-corrected chi connectivity index (χ3v) is 7.59. The van der Waals surface area contributed by atoms with Gasteiger partial charge in [-0.05, 0) is 90.9 Å². The molecule has 1 aromatic heterocycles. The van der Waals surface area contributed by atoms with Crippen LogP contribution in [0.3, 0.4) is 0 Å². The van der Waals surface area contributed by atoms with E-state index in [1.54, 1.807) is 17.2 Å². The number of alkyl halides is 3. The van der Waals surface area contributed by atoms with Crippen molar-refractivity contribution in [2.24, 2.45) is 0 Å². The van der Waals surface area contributed by atoms with Crippen LogP contribution in [0.4, 0.5) is 23.7 Å². The number of nitrogens with zero attached hydrogens (tertiary/aromatic N) is 3. The number of amides is 2. The molecule has 10 heteroatoms. The predicted octanol–water partition coefficient (Wildman–Crippen LogP) is 7.55. The average molecular weight is 590 g/mol. The van der Waals surface area contributed by atoms with E-state index in [0.717, 1.165) is 52.2 Å². The van der Waals surface area contributed by atoms with Crippen molar-refractivity contribution in [3.05, 3.63) is 107 Å². The smallest absolute Gasteiger partial charge is 0.416 e. The number of pyridine rings is 1. The van der Waals surface area contributed by atoms with Gasteiger partial charge in [-0.1, -0.05) is 24.3 Å². The zero-order valence-corrected chi connectivity index (χ0v) is 23.6. The summed E-state index contributed by atoms with van der Waals surface area (Å²) in [6.07, 6.45) is -0.530. The van der Waals surface area contributed by atoms with Crippen LogP contribution in [0.25, 0.3) is 0 Å². The van der Waals surface area contributed by atoms with Crippen LogP contribution in [0.1, 0.15) is 34.2 Å². The van der Waals surface area contributed by atoms with E-state index in [9.17, 15) is 18.0 Å². The van der Waals surface area contributed by atoms with Crippen molar-refractivity contribution >= 4 is 11.7 Å². The number of carbonyl (C=O) groups is 1. The number of urea groups is 1. The van der Waals surface area contributed by atoms with Gasteiger partial charge < -0.3 is 19.1 Å². The summed E-state index contributed by atoms with van der Waals surface area (Å²) < 4.78 is 55.2. The lowest BCUT2D eigenvalue weighted by atomic mass is 10.0. The van der Waals surface area contributed by atoms with Crippen molar-refractivity contribution in [1.29, 1.82) is 0 Å². The number of aryl methyl sites for hydroxylation is 3. The maximum absolute atomic E-state index is 13.4. The number of hydrogen-bond donors (Lipinski definition) is 0. The Morgan fingerprint density at radius 1 is 0.860 bits per heavy atom. The normalized spacial score (nSPS) is 14.7. The molecule has 0 spiro atoms. The maximum atomic E-state index is 13.4. The third kappa shape index (κ3) is 6.53. The predicted molar refractivity (Wildman–Crippen MR) is 155 cm³/mol. The molecule has 7 nitrogen and oxygen atoms in total. The van der Waals surface area contributed by atoms with Crippen molar-refractivity contribution < 1.29 is 32.2 Å². The number of halogens is 3. The van der Waals surface area contributed by atoms with Crippen LogP contribution >= 0.6 is 0 Å². The largest absolute Gasteiger partial charge is 0.454 e. The first-order chi connectivity index (χ1) is 20.7. The minimum Gasteiger partial charge on any atom is -0.454 e. The van der Waals surface area contributed by atoms with Crippen LogP contribution in [0.5, 0.6) is 23.1 Å². The maximum Gasteiger partial charge on any atom is 0.416 e. The zero-order chi connectivity index (χ0) is 30.0. The van der Waals surface area contributed by atoms with E-state index >= 15 is 0 Å². The van der Waals surface area contributed by atoms with Gasteiger partial charge in [0, 0.05) is 37.6 Å². The number of hydrogen-bond acceptors (Lipinski definition) is 5. The molecule has 0 N–H and O–H groups in total. The Morgan fingerprint density at radius 2 is 1.60 bits per heavy atom. The molecule has 1 saturated heterocycles. The van der Waals surface area contributed by atoms with Gasteiger partial charge in [0.25, 0.3) is 0 Å². The summed E-state index contributed by atoms with van der Waals surface area (Å²) in [7, 11) is 0. The average Bonchev–Trinajstić information content (AvgIpc) is 3.47. The first kappa shape index (κ1) is 28.4. The molecule has 6 rings (SSSR count). The monoisotopic (exact) mass is 589 g/mol. The molecule has 222 valence electrons. The van der Waals surface area contributed by atoms with Crippen molar-refractivity contribution in [2.75, 3.05) is 24.8 Å². The van der Waals surface area contributed by atoms with Crippen molar-refractivity contribution in [3.8, 4) is 23.1 Å². The van der Waals surface area contributed by atoms with Crippen molar-refractivity contribution in [2.45, 2.75) is 38.9 Å². The van der Waals surface area contributed by atoms with Crippen LogP contribution in [0, 0.1) is 6.92 Å². The molecule has 0 atom stereocenters. The van der Waals surface area contributed by atoms with E-state index in [0.29, 0.717) is 49.9 Å². The molecular weight excluding hydrogens is 559 g/mol. The lowest BCUT2D eigenvalue weighted by Gasteiger charge is -2.36. The van der Waals surface area contributed by atoms with Gasteiger partial charge in [-0.25, -0.2) is 9.78 Å². The van der Waals surface area contributed by atoms with Crippen LogP contribution in [-0.2, 0) is 25.6 Å². The van der Waals surface area contributed by atoms with E-state index < -0.39 is 11.7 Å². The second-order valence-electron chi connectivity index (χ2n) is 10.6. The molecule has 2 amide bonds. The summed E-state index contributed by atoms with van der Waals surface area (Å²) in [5.74, 6) is 2.48. The Bertz CT molecular complexity index is 1610. The fourth-order valence-electron chi connectivity index (χ4n) is 5.22. The molecule has 2 aliphatic rings. The van der Waals surface area contributed by atoms with Gasteiger partial charge in [0.05, 0.1) is 5.56 Å². The Labute approximate surface area is 247 Å². The summed E-state index contributed by atoms with van der Waals surface area (Å²) in [4.78, 5) is 21.4. The molecule has 4 aromatic rings. The first-order valence-electron chi connectivity index (χ1n) is 14.1. The number of anilines is 1. The quantitative estimate of drug-likeness (QED) is 0.212. The summed E-state index contributed by atoms with van der Waals surface area (Å²) in [5, 5.41) is 0. The molecule has 0 aliphatic carbocycles. The molecule has 0 radical (unpaired) electrons. The number of benzene rings is 3. The molecule has 1 fully saturated rings. The van der Waals surface area contributed by atoms with E-state index in [1.165, 1.54) is 12.1 Å². The molecule has 3 aromatic carbocycles. The topological polar surface area (TPSA) is 64.1 Å². The van der Waals surface area contributed by atoms with Gasteiger partial charge >= 0.3 is 12.2 Å². The Morgan fingerprint density at radius 3 is 2.35 bits per heavy atom. The highest BCUT2D eigenvalue weighted by Gasteiger charge is 2.30. The van der Waals surface area contributed by atoms with Crippen LogP contribution in [0.2, 0.25) is 0 Å². The molecule has 43 heavy (non-hydrogen) atoms. The number of rotatable bonds is 8. The third-order valence-electron chi connectivity index (χ3n) is 7.59. The number of aromatic nitrogens is 1. The van der Waals surface area contributed by atoms with Crippen molar-refractivity contribution in [1.82, 2.24) is 9.88 Å². The van der Waals surface area contributed by atoms with E-state index in [-0.39, 0.29) is 12.8 Å². The van der Waals surface area contributed by atoms with Gasteiger partial charge in [-0.3, -0.25) is 4.90 Å². The molecule has 0 saturated carbocycles. The fraction of sp³-hybridized carbons (Fsp3) is 0.273. The Hall–Kier alpha value is -4.73. The van der Waals surface area contributed by atoms with Gasteiger partial charge in [0.15, 0.2) is 11.5 Å². The van der Waals surface area contributed by atoms with Gasteiger partial charge in [0.2, 0.25) is 12.7 Å². The van der Waals surface area contributed by atoms with E-state index in [2.05, 4.69) is 4.98 Å². The van der Waals surface area contributed by atoms with E-state index in [1.807, 2.05) is 54.3 Å². The number of ether oxygens (including phenoxy) is 3. The fourth-order valence-corrected chi connectivity index (χ4v) is 5.22. The van der Waals surface area contributed by atoms with Crippen LogP contribution < -0.4 is 19.1 Å². The highest BCUT2D eigenvalue weighted by Crippen LogP contribution is 2.34. The minimum absolute atomic E-state index is 0.0504. The molecule has 0 unspecified atom stereocenters. The van der Waals surface area contributed by atoms with Crippen LogP contribution in [0.15, 0.2) is 79.0 Å². The summed E-state index contributed by atoms with van der Waals surface area (Å²) >= 11 is 0. The molecule has 0 bridgehead atoms. The van der Waals surface area contributed by atoms with Crippen LogP contribution in [-0.4, -0.2) is 35.8 Å². The van der Waals surface area contributed by atoms with Gasteiger partial charge in [-0.2, -0.15) is 13.2 Å². The first-order valence-corrected chi connectivity index (χ1v) is 14.1. The summed E-state index contributed by atoms with van der Waals surface area (Å²) in [5.41, 5.74) is 3.78. The second-order valence-corrected chi connectivity index (χ2v) is 10.6. The second kappa shape index (κ2) is 11.9. The molecule has 2 aliphatic heterocycles. The minimum atomic E-state index is -4.33. The SMILES string of the molecule is Cc1cc(N2CCCN(Cc3ccc4c(c3)OCO4)C2=O)ccc1Oc1ccc(CCc2ccc(C(F)(F)F)cc2)cn1. The highest BCUT2D eigenvalue weighted by atomic mass is 19.4. The lowest BCUT2D eigenvalue weighted by Crippen LogP contribution is -2.49. The Kier molecular flexibility index (Phi) is 7.84. The standard InChI is InChI=1S/C33H30F3N3O4/c1-22-17-27(39-16-2-15-38(32(39)40)20-25-7-12-29-30(18-25)42-21-41-29)11-13-28(22)43-31-14-8-24(19-37-31)4-3-23-5-9-26(10-6-23)33(34,35)36/h5-14,17-19H,2-4,15-16,20-21H2,1H3. The lowest BCUT2D eigenvalue weighted by molar-refractivity contribution is -0.137.